The summed E-state index contributed by atoms with van der Waals surface area (Å²) in [5.41, 5.74) is 2.28. The van der Waals surface area contributed by atoms with E-state index in [2.05, 4.69) is 34.3 Å². The maximum atomic E-state index is 2.41. The lowest BCUT2D eigenvalue weighted by molar-refractivity contribution is 1.02. The van der Waals surface area contributed by atoms with E-state index in [1.807, 2.05) is 0 Å². The second kappa shape index (κ2) is 1.09. The van der Waals surface area contributed by atoms with E-state index in [-0.39, 0.29) is 0 Å². The van der Waals surface area contributed by atoms with E-state index in [1.165, 1.54) is 0 Å². The molecule has 0 nitrogen and oxygen atoms in total. The molecule has 40 valence electrons. The van der Waals surface area contributed by atoms with Crippen LogP contribution in [0.15, 0.2) is 0 Å². The van der Waals surface area contributed by atoms with Gasteiger partial charge in [-0.05, 0) is 11.1 Å². The van der Waals surface area contributed by atoms with Crippen LogP contribution in [0, 0.1) is 0 Å². The van der Waals surface area contributed by atoms with Crippen LogP contribution in [0.5, 0.6) is 0 Å². The fourth-order valence-electron chi connectivity index (χ4n) is 1.05. The molecule has 0 N–H and O–H groups in total. The van der Waals surface area contributed by atoms with Crippen molar-refractivity contribution < 1.29 is 0 Å². The summed E-state index contributed by atoms with van der Waals surface area (Å²) in [5.74, 6) is 0. The van der Waals surface area contributed by atoms with Gasteiger partial charge in [-0.25, -0.2) is 0 Å². The van der Waals surface area contributed by atoms with E-state index in [0.717, 1.165) is 11.1 Å². The lowest BCUT2D eigenvalue weighted by Crippen LogP contribution is -1.77. The molecule has 2 saturated heterocycles. The first-order chi connectivity index (χ1) is 3.27. The number of hydrogen-bond acceptors (Lipinski definition) is 2. The van der Waals surface area contributed by atoms with Crippen LogP contribution < -0.4 is 0 Å². The smallest absolute Gasteiger partial charge is 0.111 e. The van der Waals surface area contributed by atoms with Crippen LogP contribution in [0.25, 0.3) is 0 Å². The number of hydrogen-bond donors (Lipinski definition) is 0. The van der Waals surface area contributed by atoms with Crippen LogP contribution in [-0.2, 0) is 0 Å². The molecule has 0 aromatic carbocycles. The van der Waals surface area contributed by atoms with Crippen molar-refractivity contribution in [3.63, 3.8) is 0 Å². The van der Waals surface area contributed by atoms with Gasteiger partial charge >= 0.3 is 0 Å². The highest BCUT2D eigenvalue weighted by Gasteiger charge is 2.73. The average molecular weight is 148 g/mol. The standard InChI is InChI=1S/C4H8S2Si/c1-3-4(2)7(3)5-6-7/h3-4H,1-2H3. The Labute approximate surface area is 52.1 Å². The molecule has 0 radical (unpaired) electrons. The molecular formula is C4H8S2Si. The first-order valence-electron chi connectivity index (χ1n) is 2.64. The van der Waals surface area contributed by atoms with Crippen molar-refractivity contribution >= 4 is 26.9 Å². The fourth-order valence-corrected chi connectivity index (χ4v) is 17.5. The monoisotopic (exact) mass is 148 g/mol. The molecule has 0 aromatic rings. The van der Waals surface area contributed by atoms with E-state index in [9.17, 15) is 0 Å². The van der Waals surface area contributed by atoms with Crippen molar-refractivity contribution in [2.45, 2.75) is 24.9 Å². The van der Waals surface area contributed by atoms with Gasteiger partial charge in [-0.3, -0.25) is 0 Å². The van der Waals surface area contributed by atoms with E-state index >= 15 is 0 Å². The van der Waals surface area contributed by atoms with Crippen LogP contribution >= 0.6 is 20.5 Å². The van der Waals surface area contributed by atoms with Crippen molar-refractivity contribution in [2.75, 3.05) is 0 Å². The zero-order valence-corrected chi connectivity index (χ0v) is 7.10. The second-order valence-electron chi connectivity index (χ2n) is 2.47. The van der Waals surface area contributed by atoms with E-state index < -0.39 is 6.37 Å². The lowest BCUT2D eigenvalue weighted by Gasteiger charge is -1.65. The molecule has 0 aromatic heterocycles. The molecule has 0 saturated carbocycles. The summed E-state index contributed by atoms with van der Waals surface area (Å²) < 4.78 is 0. The quantitative estimate of drug-likeness (QED) is 0.294. The van der Waals surface area contributed by atoms with Gasteiger partial charge in [0, 0.05) is 0 Å². The molecule has 0 aliphatic carbocycles. The third-order valence-corrected chi connectivity index (χ3v) is 17.0. The zero-order valence-electron chi connectivity index (χ0n) is 4.47. The third kappa shape index (κ3) is 0.422. The predicted molar refractivity (Wildman–Crippen MR) is 39.8 cm³/mol. The summed E-state index contributed by atoms with van der Waals surface area (Å²) in [5, 5.41) is 0. The van der Waals surface area contributed by atoms with Gasteiger partial charge in [0.25, 0.3) is 0 Å². The van der Waals surface area contributed by atoms with Gasteiger partial charge in [0.2, 0.25) is 6.37 Å². The molecular weight excluding hydrogens is 140 g/mol. The van der Waals surface area contributed by atoms with Crippen molar-refractivity contribution in [3.05, 3.63) is 0 Å². The van der Waals surface area contributed by atoms with Crippen molar-refractivity contribution in [3.8, 4) is 0 Å². The maximum absolute atomic E-state index is 2.41. The van der Waals surface area contributed by atoms with E-state index in [1.54, 1.807) is 0 Å². The van der Waals surface area contributed by atoms with Gasteiger partial charge in [-0.2, -0.15) is 0 Å². The highest BCUT2D eigenvalue weighted by atomic mass is 33.4. The minimum absolute atomic E-state index is 0.485. The highest BCUT2D eigenvalue weighted by Crippen LogP contribution is 2.86. The Bertz CT molecular complexity index is 100. The molecule has 2 rings (SSSR count). The van der Waals surface area contributed by atoms with Crippen LogP contribution in [-0.4, -0.2) is 6.37 Å². The molecule has 7 heavy (non-hydrogen) atoms. The van der Waals surface area contributed by atoms with Crippen molar-refractivity contribution in [2.24, 2.45) is 0 Å². The normalized spacial score (nSPS) is 52.3. The summed E-state index contributed by atoms with van der Waals surface area (Å²) in [6.07, 6.45) is -0.485. The Morgan fingerprint density at radius 1 is 1.14 bits per heavy atom. The first-order valence-corrected chi connectivity index (χ1v) is 8.39. The zero-order chi connectivity index (χ0) is 5.07. The molecule has 2 unspecified atom stereocenters. The summed E-state index contributed by atoms with van der Waals surface area (Å²) in [7, 11) is 4.42. The SMILES string of the molecule is CC1C(C)[Si]12SS2. The Kier molecular flexibility index (Phi) is 0.741. The average Bonchev–Trinajstić information content (AvgIpc) is 2.47. The van der Waals surface area contributed by atoms with E-state index in [4.69, 9.17) is 0 Å². The minimum atomic E-state index is -0.485. The molecule has 2 atom stereocenters. The molecule has 0 bridgehead atoms. The highest BCUT2D eigenvalue weighted by molar-refractivity contribution is 9.23. The molecule has 2 aliphatic heterocycles. The van der Waals surface area contributed by atoms with Crippen LogP contribution in [0.1, 0.15) is 13.8 Å². The number of rotatable bonds is 0. The molecule has 2 heterocycles. The summed E-state index contributed by atoms with van der Waals surface area (Å²) >= 11 is 0. The molecule has 0 amide bonds. The lowest BCUT2D eigenvalue weighted by atomic mass is 10.4. The minimum Gasteiger partial charge on any atom is -0.111 e. The van der Waals surface area contributed by atoms with Crippen molar-refractivity contribution in [1.82, 2.24) is 0 Å². The van der Waals surface area contributed by atoms with Crippen molar-refractivity contribution in [1.29, 1.82) is 0 Å². The summed E-state index contributed by atoms with van der Waals surface area (Å²) in [6.45, 7) is 4.81. The maximum Gasteiger partial charge on any atom is 0.207 e. The molecule has 1 spiro atoms. The third-order valence-electron chi connectivity index (χ3n) is 2.19. The Morgan fingerprint density at radius 2 is 1.57 bits per heavy atom. The van der Waals surface area contributed by atoms with Gasteiger partial charge in [-0.15, -0.1) is 20.5 Å². The Morgan fingerprint density at radius 3 is 1.57 bits per heavy atom. The molecule has 2 aliphatic rings. The predicted octanol–water partition coefficient (Wildman–Crippen LogP) is 2.62. The fraction of sp³-hybridized carbons (Fsp3) is 1.00. The molecule has 2 fully saturated rings. The van der Waals surface area contributed by atoms with E-state index in [0.29, 0.717) is 0 Å². The first kappa shape index (κ1) is 4.76. The second-order valence-corrected chi connectivity index (χ2v) is 14.9. The van der Waals surface area contributed by atoms with Crippen LogP contribution in [0.4, 0.5) is 0 Å². The van der Waals surface area contributed by atoms with Gasteiger partial charge in [0.1, 0.15) is 0 Å². The van der Waals surface area contributed by atoms with Gasteiger partial charge in [-0.1, -0.05) is 13.8 Å². The Hall–Kier alpha value is 0.917. The largest absolute Gasteiger partial charge is 0.207 e. The topological polar surface area (TPSA) is 0 Å². The summed E-state index contributed by atoms with van der Waals surface area (Å²) in [4.78, 5) is 0. The molecule has 3 heteroatoms. The summed E-state index contributed by atoms with van der Waals surface area (Å²) in [6, 6.07) is 0. The van der Waals surface area contributed by atoms with Gasteiger partial charge in [0.05, 0.1) is 0 Å². The Balaban J connectivity index is 2.17. The van der Waals surface area contributed by atoms with Crippen LogP contribution in [0.3, 0.4) is 0 Å². The van der Waals surface area contributed by atoms with Gasteiger partial charge in [0.15, 0.2) is 0 Å². The van der Waals surface area contributed by atoms with Gasteiger partial charge < -0.3 is 0 Å². The van der Waals surface area contributed by atoms with Crippen LogP contribution in [0.2, 0.25) is 11.1 Å².